The maximum absolute atomic E-state index is 12.6. The van der Waals surface area contributed by atoms with E-state index in [1.165, 1.54) is 23.1 Å². The van der Waals surface area contributed by atoms with Crippen molar-refractivity contribution in [3.05, 3.63) is 28.8 Å². The summed E-state index contributed by atoms with van der Waals surface area (Å²) in [5.74, 6) is -0.200. The molecule has 1 aromatic carbocycles. The van der Waals surface area contributed by atoms with Crippen LogP contribution in [-0.4, -0.2) is 29.8 Å². The number of amidine groups is 1. The van der Waals surface area contributed by atoms with Crippen LogP contribution in [0.3, 0.4) is 0 Å². The second kappa shape index (κ2) is 6.21. The van der Waals surface area contributed by atoms with E-state index in [4.69, 9.17) is 22.5 Å². The molecule has 0 saturated heterocycles. The van der Waals surface area contributed by atoms with Crippen LogP contribution < -0.4 is 10.6 Å². The molecule has 20 heavy (non-hydrogen) atoms. The lowest BCUT2D eigenvalue weighted by Gasteiger charge is -2.30. The fraction of sp³-hybridized carbons (Fsp3) is 0.417. The van der Waals surface area contributed by atoms with Crippen molar-refractivity contribution in [2.24, 2.45) is 10.9 Å². The molecule has 112 valence electrons. The van der Waals surface area contributed by atoms with E-state index in [1.807, 2.05) is 0 Å². The number of hydrogen-bond acceptors (Lipinski definition) is 3. The number of benzene rings is 1. The molecule has 0 aliphatic rings. The first-order valence-electron chi connectivity index (χ1n) is 5.76. The van der Waals surface area contributed by atoms with Crippen LogP contribution >= 0.6 is 11.6 Å². The minimum Gasteiger partial charge on any atom is -0.409 e. The highest BCUT2D eigenvalue weighted by molar-refractivity contribution is 6.34. The Bertz CT molecular complexity index is 503. The van der Waals surface area contributed by atoms with E-state index in [-0.39, 0.29) is 22.5 Å². The molecule has 4 nitrogen and oxygen atoms in total. The van der Waals surface area contributed by atoms with Gasteiger partial charge in [-0.05, 0) is 32.0 Å². The number of oxime groups is 1. The Hall–Kier alpha value is -1.63. The van der Waals surface area contributed by atoms with E-state index in [0.29, 0.717) is 5.69 Å². The van der Waals surface area contributed by atoms with Crippen molar-refractivity contribution in [3.63, 3.8) is 0 Å². The highest BCUT2D eigenvalue weighted by Crippen LogP contribution is 2.28. The quantitative estimate of drug-likeness (QED) is 0.388. The number of anilines is 1. The lowest BCUT2D eigenvalue weighted by Crippen LogP contribution is -2.39. The molecule has 1 aromatic rings. The zero-order valence-electron chi connectivity index (χ0n) is 10.9. The molecule has 0 heterocycles. The summed E-state index contributed by atoms with van der Waals surface area (Å²) in [7, 11) is 0. The number of nitrogens with zero attached hydrogens (tertiary/aromatic N) is 2. The summed E-state index contributed by atoms with van der Waals surface area (Å²) in [6.45, 7) is 2.22. The standard InChI is InChI=1S/C12H15ClF3N3O/c1-7(2)19(6-12(14,15)16)8-3-4-9(10(13)5-8)11(17)18-20/h3-5,7,20H,6H2,1-2H3,(H2,17,18). The molecular weight excluding hydrogens is 295 g/mol. The predicted molar refractivity (Wildman–Crippen MR) is 72.5 cm³/mol. The molecule has 0 amide bonds. The van der Waals surface area contributed by atoms with Gasteiger partial charge < -0.3 is 15.8 Å². The summed E-state index contributed by atoms with van der Waals surface area (Å²) in [6, 6.07) is 3.87. The first-order valence-corrected chi connectivity index (χ1v) is 6.14. The van der Waals surface area contributed by atoms with E-state index in [9.17, 15) is 13.2 Å². The van der Waals surface area contributed by atoms with Crippen molar-refractivity contribution in [1.29, 1.82) is 0 Å². The molecule has 0 aromatic heterocycles. The second-order valence-corrected chi connectivity index (χ2v) is 4.89. The van der Waals surface area contributed by atoms with Crippen LogP contribution in [0.25, 0.3) is 0 Å². The number of halogens is 4. The Morgan fingerprint density at radius 3 is 2.45 bits per heavy atom. The van der Waals surface area contributed by atoms with Crippen LogP contribution in [0.1, 0.15) is 19.4 Å². The van der Waals surface area contributed by atoms with Crippen molar-refractivity contribution in [2.75, 3.05) is 11.4 Å². The number of nitrogens with two attached hydrogens (primary N) is 1. The Labute approximate surface area is 119 Å². The lowest BCUT2D eigenvalue weighted by molar-refractivity contribution is -0.120. The molecule has 0 atom stereocenters. The van der Waals surface area contributed by atoms with Crippen molar-refractivity contribution in [3.8, 4) is 0 Å². The maximum Gasteiger partial charge on any atom is 0.405 e. The third-order valence-electron chi connectivity index (χ3n) is 2.64. The van der Waals surface area contributed by atoms with Gasteiger partial charge in [0.1, 0.15) is 6.54 Å². The molecule has 0 fully saturated rings. The molecule has 0 unspecified atom stereocenters. The molecule has 0 spiro atoms. The highest BCUT2D eigenvalue weighted by Gasteiger charge is 2.32. The normalized spacial score (nSPS) is 12.8. The smallest absolute Gasteiger partial charge is 0.405 e. The number of rotatable bonds is 4. The van der Waals surface area contributed by atoms with E-state index in [2.05, 4.69) is 5.16 Å². The molecule has 3 N–H and O–H groups in total. The lowest BCUT2D eigenvalue weighted by atomic mass is 10.1. The van der Waals surface area contributed by atoms with Gasteiger partial charge in [-0.3, -0.25) is 0 Å². The summed E-state index contributed by atoms with van der Waals surface area (Å²) < 4.78 is 37.7. The predicted octanol–water partition coefficient (Wildman–Crippen LogP) is 3.21. The molecule has 8 heteroatoms. The summed E-state index contributed by atoms with van der Waals surface area (Å²) in [6.07, 6.45) is -4.32. The SMILES string of the molecule is CC(C)N(CC(F)(F)F)c1ccc(C(N)=NO)c(Cl)c1. The highest BCUT2D eigenvalue weighted by atomic mass is 35.5. The molecule has 0 bridgehead atoms. The fourth-order valence-corrected chi connectivity index (χ4v) is 1.98. The van der Waals surface area contributed by atoms with Gasteiger partial charge in [-0.1, -0.05) is 16.8 Å². The topological polar surface area (TPSA) is 61.8 Å². The van der Waals surface area contributed by atoms with Gasteiger partial charge in [0, 0.05) is 17.3 Å². The van der Waals surface area contributed by atoms with Crippen LogP contribution in [0.15, 0.2) is 23.4 Å². The van der Waals surface area contributed by atoms with Crippen molar-refractivity contribution >= 4 is 23.1 Å². The zero-order chi connectivity index (χ0) is 15.5. The van der Waals surface area contributed by atoms with Crippen LogP contribution in [0.5, 0.6) is 0 Å². The van der Waals surface area contributed by atoms with E-state index >= 15 is 0 Å². The largest absolute Gasteiger partial charge is 0.409 e. The average Bonchev–Trinajstić information content (AvgIpc) is 2.33. The van der Waals surface area contributed by atoms with Gasteiger partial charge in [0.25, 0.3) is 0 Å². The van der Waals surface area contributed by atoms with Gasteiger partial charge in [0.15, 0.2) is 5.84 Å². The van der Waals surface area contributed by atoms with Crippen LogP contribution in [0.4, 0.5) is 18.9 Å². The molecule has 0 aliphatic carbocycles. The second-order valence-electron chi connectivity index (χ2n) is 4.49. The van der Waals surface area contributed by atoms with Crippen molar-refractivity contribution in [2.45, 2.75) is 26.1 Å². The van der Waals surface area contributed by atoms with Gasteiger partial charge >= 0.3 is 6.18 Å². The van der Waals surface area contributed by atoms with Crippen LogP contribution in [0, 0.1) is 0 Å². The molecule has 1 rings (SSSR count). The van der Waals surface area contributed by atoms with Gasteiger partial charge in [-0.2, -0.15) is 13.2 Å². The summed E-state index contributed by atoms with van der Waals surface area (Å²) in [5, 5.41) is 11.5. The Balaban J connectivity index is 3.14. The summed E-state index contributed by atoms with van der Waals surface area (Å²) in [4.78, 5) is 1.17. The molecule has 0 radical (unpaired) electrons. The fourth-order valence-electron chi connectivity index (χ4n) is 1.71. The number of hydrogen-bond donors (Lipinski definition) is 2. The zero-order valence-corrected chi connectivity index (χ0v) is 11.7. The van der Waals surface area contributed by atoms with Gasteiger partial charge in [0.05, 0.1) is 5.02 Å². The van der Waals surface area contributed by atoms with Gasteiger partial charge in [0.2, 0.25) is 0 Å². The third kappa shape index (κ3) is 4.19. The van der Waals surface area contributed by atoms with Crippen molar-refractivity contribution in [1.82, 2.24) is 0 Å². The van der Waals surface area contributed by atoms with E-state index in [0.717, 1.165) is 0 Å². The van der Waals surface area contributed by atoms with Crippen molar-refractivity contribution < 1.29 is 18.4 Å². The number of alkyl halides is 3. The monoisotopic (exact) mass is 309 g/mol. The average molecular weight is 310 g/mol. The Kier molecular flexibility index (Phi) is 5.10. The van der Waals surface area contributed by atoms with E-state index in [1.54, 1.807) is 13.8 Å². The summed E-state index contributed by atoms with van der Waals surface area (Å²) in [5.41, 5.74) is 5.98. The minimum absolute atomic E-state index is 0.116. The molecule has 0 saturated carbocycles. The van der Waals surface area contributed by atoms with Gasteiger partial charge in [-0.15, -0.1) is 0 Å². The first kappa shape index (κ1) is 16.4. The maximum atomic E-state index is 12.6. The Morgan fingerprint density at radius 2 is 2.05 bits per heavy atom. The summed E-state index contributed by atoms with van der Waals surface area (Å²) >= 11 is 5.94. The molecule has 0 aliphatic heterocycles. The first-order chi connectivity index (χ1) is 9.15. The Morgan fingerprint density at radius 1 is 1.45 bits per heavy atom. The minimum atomic E-state index is -4.32. The molecular formula is C12H15ClF3N3O. The van der Waals surface area contributed by atoms with Gasteiger partial charge in [-0.25, -0.2) is 0 Å². The van der Waals surface area contributed by atoms with Crippen LogP contribution in [-0.2, 0) is 0 Å². The third-order valence-corrected chi connectivity index (χ3v) is 2.95. The van der Waals surface area contributed by atoms with E-state index < -0.39 is 12.7 Å². The van der Waals surface area contributed by atoms with Crippen LogP contribution in [0.2, 0.25) is 5.02 Å².